The van der Waals surface area contributed by atoms with Gasteiger partial charge in [0.05, 0.1) is 26.8 Å². The molecule has 3 aromatic carbocycles. The molecule has 10 nitrogen and oxygen atoms in total. The van der Waals surface area contributed by atoms with E-state index in [2.05, 4.69) is 21.7 Å². The minimum Gasteiger partial charge on any atom is -0.493 e. The second-order valence-electron chi connectivity index (χ2n) is 11.4. The average Bonchev–Trinajstić information content (AvgIpc) is 3.65. The van der Waals surface area contributed by atoms with Crippen LogP contribution in [0.2, 0.25) is 0 Å². The molecular formula is C33H39N5O5. The molecule has 1 unspecified atom stereocenters. The third-order valence-corrected chi connectivity index (χ3v) is 8.19. The molecule has 4 aromatic rings. The van der Waals surface area contributed by atoms with Crippen molar-refractivity contribution in [3.05, 3.63) is 71.3 Å². The van der Waals surface area contributed by atoms with E-state index in [1.807, 2.05) is 57.2 Å². The SMILES string of the molecule is CCC(C)(C)NC(=O)C(c1cc(OC)c(OC)c(OC)c1)N(C(=O)Cn1nnc2ccccc21)c1ccc2c(c1)CCC2. The van der Waals surface area contributed by atoms with Crippen LogP contribution < -0.4 is 24.4 Å². The van der Waals surface area contributed by atoms with Crippen molar-refractivity contribution >= 4 is 28.5 Å². The highest BCUT2D eigenvalue weighted by Gasteiger charge is 2.37. The Morgan fingerprint density at radius 2 is 1.67 bits per heavy atom. The summed E-state index contributed by atoms with van der Waals surface area (Å²) in [5.41, 5.74) is 4.46. The Balaban J connectivity index is 1.69. The second kappa shape index (κ2) is 12.3. The highest BCUT2D eigenvalue weighted by Crippen LogP contribution is 2.42. The number of amides is 2. The summed E-state index contributed by atoms with van der Waals surface area (Å²) in [6.45, 7) is 5.80. The van der Waals surface area contributed by atoms with Crippen LogP contribution in [0.15, 0.2) is 54.6 Å². The number of fused-ring (bicyclic) bond motifs is 2. The van der Waals surface area contributed by atoms with Crippen molar-refractivity contribution in [2.45, 2.75) is 64.6 Å². The minimum absolute atomic E-state index is 0.122. The van der Waals surface area contributed by atoms with Gasteiger partial charge in [-0.05, 0) is 92.6 Å². The maximum Gasteiger partial charge on any atom is 0.249 e. The van der Waals surface area contributed by atoms with E-state index in [0.29, 0.717) is 40.4 Å². The Hall–Kier alpha value is -4.60. The molecule has 226 valence electrons. The molecule has 0 saturated carbocycles. The standard InChI is InChI=1S/C33H39N5O5/c1-7-33(2,3)34-32(40)30(23-18-27(41-4)31(43-6)28(19-23)42-5)38(24-16-15-21-11-10-12-22(21)17-24)29(39)20-37-26-14-9-8-13-25(26)35-36-37/h8-9,13-19,30H,7,10-12,20H2,1-6H3,(H,34,40). The van der Waals surface area contributed by atoms with Crippen molar-refractivity contribution in [1.29, 1.82) is 0 Å². The van der Waals surface area contributed by atoms with Gasteiger partial charge in [0.2, 0.25) is 17.6 Å². The number of aryl methyl sites for hydroxylation is 2. The number of carbonyl (C=O) groups excluding carboxylic acids is 2. The topological polar surface area (TPSA) is 108 Å². The van der Waals surface area contributed by atoms with E-state index in [9.17, 15) is 9.59 Å². The van der Waals surface area contributed by atoms with Gasteiger partial charge in [0.1, 0.15) is 18.1 Å². The molecule has 2 amide bonds. The molecule has 0 saturated heterocycles. The number of benzene rings is 3. The smallest absolute Gasteiger partial charge is 0.249 e. The van der Waals surface area contributed by atoms with Gasteiger partial charge >= 0.3 is 0 Å². The number of rotatable bonds is 11. The van der Waals surface area contributed by atoms with E-state index in [4.69, 9.17) is 14.2 Å². The number of anilines is 1. The molecule has 0 fully saturated rings. The molecule has 0 aliphatic heterocycles. The molecule has 0 spiro atoms. The molecule has 43 heavy (non-hydrogen) atoms. The summed E-state index contributed by atoms with van der Waals surface area (Å²) in [5, 5.41) is 11.7. The molecule has 1 heterocycles. The lowest BCUT2D eigenvalue weighted by Gasteiger charge is -2.35. The van der Waals surface area contributed by atoms with Crippen molar-refractivity contribution in [2.24, 2.45) is 0 Å². The van der Waals surface area contributed by atoms with Crippen LogP contribution in [0, 0.1) is 0 Å². The summed E-state index contributed by atoms with van der Waals surface area (Å²) < 4.78 is 18.4. The average molecular weight is 586 g/mol. The van der Waals surface area contributed by atoms with E-state index in [0.717, 1.165) is 24.8 Å². The summed E-state index contributed by atoms with van der Waals surface area (Å²) in [6.07, 6.45) is 3.66. The predicted molar refractivity (Wildman–Crippen MR) is 165 cm³/mol. The first-order valence-corrected chi connectivity index (χ1v) is 14.5. The van der Waals surface area contributed by atoms with E-state index in [1.165, 1.54) is 32.5 Å². The van der Waals surface area contributed by atoms with Crippen LogP contribution >= 0.6 is 0 Å². The minimum atomic E-state index is -1.07. The highest BCUT2D eigenvalue weighted by molar-refractivity contribution is 6.02. The van der Waals surface area contributed by atoms with Crippen LogP contribution in [0.4, 0.5) is 5.69 Å². The van der Waals surface area contributed by atoms with Gasteiger partial charge in [-0.3, -0.25) is 14.5 Å². The number of methoxy groups -OCH3 is 3. The lowest BCUT2D eigenvalue weighted by Crippen LogP contribution is -2.51. The zero-order valence-electron chi connectivity index (χ0n) is 25.6. The number of ether oxygens (including phenoxy) is 3. The third kappa shape index (κ3) is 6.00. The molecule has 0 bridgehead atoms. The van der Waals surface area contributed by atoms with Crippen molar-refractivity contribution in [3.8, 4) is 17.2 Å². The van der Waals surface area contributed by atoms with Gasteiger partial charge in [-0.15, -0.1) is 5.10 Å². The van der Waals surface area contributed by atoms with Gasteiger partial charge in [-0.25, -0.2) is 4.68 Å². The highest BCUT2D eigenvalue weighted by atomic mass is 16.5. The Bertz CT molecular complexity index is 1620. The number of carbonyl (C=O) groups is 2. The van der Waals surface area contributed by atoms with Gasteiger partial charge in [0, 0.05) is 11.2 Å². The Labute approximate surface area is 251 Å². The van der Waals surface area contributed by atoms with Crippen LogP contribution in [0.25, 0.3) is 11.0 Å². The van der Waals surface area contributed by atoms with Crippen molar-refractivity contribution in [3.63, 3.8) is 0 Å². The maximum absolute atomic E-state index is 14.5. The summed E-state index contributed by atoms with van der Waals surface area (Å²) >= 11 is 0. The van der Waals surface area contributed by atoms with Crippen molar-refractivity contribution in [1.82, 2.24) is 20.3 Å². The molecule has 0 radical (unpaired) electrons. The van der Waals surface area contributed by atoms with Crippen LogP contribution in [-0.4, -0.2) is 53.7 Å². The number of para-hydroxylation sites is 1. The number of hydrogen-bond donors (Lipinski definition) is 1. The van der Waals surface area contributed by atoms with E-state index in [-0.39, 0.29) is 18.4 Å². The fraction of sp³-hybridized carbons (Fsp3) is 0.394. The second-order valence-corrected chi connectivity index (χ2v) is 11.4. The van der Waals surface area contributed by atoms with Gasteiger partial charge in [-0.2, -0.15) is 0 Å². The molecule has 1 atom stereocenters. The normalized spacial score (nSPS) is 13.3. The number of nitrogens with one attached hydrogen (secondary N) is 1. The molecule has 1 aliphatic carbocycles. The molecule has 1 aromatic heterocycles. The molecule has 1 aliphatic rings. The maximum atomic E-state index is 14.5. The van der Waals surface area contributed by atoms with Gasteiger partial charge in [0.25, 0.3) is 0 Å². The first-order chi connectivity index (χ1) is 20.7. The molecule has 5 rings (SSSR count). The number of nitrogens with zero attached hydrogens (tertiary/aromatic N) is 4. The molecule has 10 heteroatoms. The van der Waals surface area contributed by atoms with Crippen LogP contribution in [0.1, 0.15) is 56.3 Å². The van der Waals surface area contributed by atoms with E-state index in [1.54, 1.807) is 21.7 Å². The van der Waals surface area contributed by atoms with Crippen LogP contribution in [0.5, 0.6) is 17.2 Å². The molecule has 1 N–H and O–H groups in total. The summed E-state index contributed by atoms with van der Waals surface area (Å²) in [6, 6.07) is 15.9. The number of hydrogen-bond acceptors (Lipinski definition) is 7. The Kier molecular flexibility index (Phi) is 8.57. The fourth-order valence-corrected chi connectivity index (χ4v) is 5.55. The van der Waals surface area contributed by atoms with Crippen LogP contribution in [0.3, 0.4) is 0 Å². The zero-order valence-corrected chi connectivity index (χ0v) is 25.6. The fourth-order valence-electron chi connectivity index (χ4n) is 5.55. The van der Waals surface area contributed by atoms with Crippen molar-refractivity contribution < 1.29 is 23.8 Å². The van der Waals surface area contributed by atoms with Gasteiger partial charge in [-0.1, -0.05) is 30.3 Å². The largest absolute Gasteiger partial charge is 0.493 e. The lowest BCUT2D eigenvalue weighted by molar-refractivity contribution is -0.128. The Morgan fingerprint density at radius 3 is 2.35 bits per heavy atom. The Morgan fingerprint density at radius 1 is 0.977 bits per heavy atom. The lowest BCUT2D eigenvalue weighted by atomic mass is 9.97. The number of aromatic nitrogens is 3. The third-order valence-electron chi connectivity index (χ3n) is 8.19. The quantitative estimate of drug-likeness (QED) is 0.263. The van der Waals surface area contributed by atoms with Gasteiger partial charge in [0.15, 0.2) is 11.5 Å². The first-order valence-electron chi connectivity index (χ1n) is 14.5. The summed E-state index contributed by atoms with van der Waals surface area (Å²) in [5.74, 6) is 0.502. The predicted octanol–water partition coefficient (Wildman–Crippen LogP) is 5.03. The zero-order chi connectivity index (χ0) is 30.7. The van der Waals surface area contributed by atoms with E-state index < -0.39 is 11.6 Å². The van der Waals surface area contributed by atoms with Gasteiger partial charge < -0.3 is 19.5 Å². The van der Waals surface area contributed by atoms with Crippen LogP contribution in [-0.2, 0) is 29.0 Å². The van der Waals surface area contributed by atoms with E-state index >= 15 is 0 Å². The van der Waals surface area contributed by atoms with Crippen molar-refractivity contribution in [2.75, 3.05) is 26.2 Å². The first kappa shape index (κ1) is 29.9. The molecular weight excluding hydrogens is 546 g/mol. The monoisotopic (exact) mass is 585 g/mol. The summed E-state index contributed by atoms with van der Waals surface area (Å²) in [7, 11) is 4.57. The summed E-state index contributed by atoms with van der Waals surface area (Å²) in [4.78, 5) is 30.5.